The number of alkyl halides is 1. The number of nitrogens with zero attached hydrogens (tertiary/aromatic N) is 3. The summed E-state index contributed by atoms with van der Waals surface area (Å²) in [6.07, 6.45) is 1.73. The van der Waals surface area contributed by atoms with E-state index in [1.807, 2.05) is 31.2 Å². The first-order valence-corrected chi connectivity index (χ1v) is 11.3. The fourth-order valence-corrected chi connectivity index (χ4v) is 4.25. The molecule has 1 saturated heterocycles. The van der Waals surface area contributed by atoms with Crippen molar-refractivity contribution in [1.82, 2.24) is 14.9 Å². The molecular weight excluding hydrogens is 433 g/mol. The van der Waals surface area contributed by atoms with Gasteiger partial charge in [-0.3, -0.25) is 4.90 Å². The average Bonchev–Trinajstić information content (AvgIpc) is 3.23. The van der Waals surface area contributed by atoms with Gasteiger partial charge in [-0.1, -0.05) is 18.7 Å². The highest BCUT2D eigenvalue weighted by atomic mass is 19.1. The van der Waals surface area contributed by atoms with Gasteiger partial charge < -0.3 is 14.3 Å². The summed E-state index contributed by atoms with van der Waals surface area (Å²) in [5, 5.41) is 9.49. The van der Waals surface area contributed by atoms with Gasteiger partial charge in [-0.15, -0.1) is 0 Å². The van der Waals surface area contributed by atoms with E-state index in [4.69, 9.17) is 14.1 Å². The first kappa shape index (κ1) is 22.1. The van der Waals surface area contributed by atoms with Gasteiger partial charge in [0.25, 0.3) is 0 Å². The van der Waals surface area contributed by atoms with E-state index in [-0.39, 0.29) is 18.3 Å². The summed E-state index contributed by atoms with van der Waals surface area (Å²) in [6.45, 7) is 7.58. The normalized spacial score (nSPS) is 14.3. The van der Waals surface area contributed by atoms with E-state index in [1.54, 1.807) is 12.3 Å². The number of rotatable bonds is 8. The second-order valence-corrected chi connectivity index (χ2v) is 8.66. The Labute approximate surface area is 197 Å². The molecule has 1 N–H and O–H groups in total. The van der Waals surface area contributed by atoms with Crippen LogP contribution in [-0.4, -0.2) is 46.3 Å². The lowest BCUT2D eigenvalue weighted by molar-refractivity contribution is 0.0864. The number of benzene rings is 2. The second kappa shape index (κ2) is 9.27. The molecule has 6 nitrogen and oxygen atoms in total. The van der Waals surface area contributed by atoms with Crippen LogP contribution in [0.25, 0.3) is 33.7 Å². The highest BCUT2D eigenvalue weighted by Gasteiger charge is 2.28. The van der Waals surface area contributed by atoms with Crippen LogP contribution in [0.2, 0.25) is 0 Å². The molecule has 7 heteroatoms. The summed E-state index contributed by atoms with van der Waals surface area (Å²) in [4.78, 5) is 11.2. The van der Waals surface area contributed by atoms with E-state index in [0.717, 1.165) is 58.6 Å². The Hall–Kier alpha value is -3.71. The molecule has 0 amide bonds. The van der Waals surface area contributed by atoms with Crippen molar-refractivity contribution in [1.29, 1.82) is 0 Å². The smallest absolute Gasteiger partial charge is 0.227 e. The van der Waals surface area contributed by atoms with Gasteiger partial charge in [0.15, 0.2) is 5.58 Å². The van der Waals surface area contributed by atoms with E-state index < -0.39 is 6.67 Å². The Bertz CT molecular complexity index is 1330. The van der Waals surface area contributed by atoms with E-state index in [2.05, 4.69) is 34.7 Å². The number of aromatic nitrogens is 2. The lowest BCUT2D eigenvalue weighted by atomic mass is 9.98. The number of fused-ring (bicyclic) bond motifs is 1. The van der Waals surface area contributed by atoms with Crippen LogP contribution in [-0.2, 0) is 6.54 Å². The Morgan fingerprint density at radius 1 is 1.18 bits per heavy atom. The number of ether oxygens (including phenoxy) is 1. The zero-order valence-electron chi connectivity index (χ0n) is 19.0. The van der Waals surface area contributed by atoms with Crippen LogP contribution in [0.5, 0.6) is 5.88 Å². The zero-order valence-corrected chi connectivity index (χ0v) is 19.0. The number of hydrogen-bond acceptors (Lipinski definition) is 6. The SMILES string of the molecule is C=C(O)C1CN(Cc2ccc3oc(-c4ccc(-c5ccc(OCCF)nc5)c(C)c4)nc3c2)C1. The van der Waals surface area contributed by atoms with Crippen molar-refractivity contribution in [2.75, 3.05) is 26.4 Å². The van der Waals surface area contributed by atoms with Crippen molar-refractivity contribution in [3.8, 4) is 28.5 Å². The van der Waals surface area contributed by atoms with Crippen LogP contribution >= 0.6 is 0 Å². The van der Waals surface area contributed by atoms with Gasteiger partial charge in [-0.25, -0.2) is 14.4 Å². The van der Waals surface area contributed by atoms with Crippen LogP contribution in [0.4, 0.5) is 4.39 Å². The van der Waals surface area contributed by atoms with Crippen molar-refractivity contribution in [2.45, 2.75) is 13.5 Å². The number of aryl methyl sites for hydroxylation is 1. The Kier molecular flexibility index (Phi) is 6.02. The van der Waals surface area contributed by atoms with E-state index in [1.165, 1.54) is 0 Å². The molecule has 0 unspecified atom stereocenters. The van der Waals surface area contributed by atoms with Crippen molar-refractivity contribution in [2.24, 2.45) is 5.92 Å². The number of aliphatic hydroxyl groups excluding tert-OH is 1. The third kappa shape index (κ3) is 4.52. The second-order valence-electron chi connectivity index (χ2n) is 8.66. The van der Waals surface area contributed by atoms with E-state index in [9.17, 15) is 9.50 Å². The molecule has 0 aliphatic carbocycles. The fraction of sp³-hybridized carbons (Fsp3) is 0.259. The average molecular weight is 460 g/mol. The highest BCUT2D eigenvalue weighted by Crippen LogP contribution is 2.31. The standard InChI is InChI=1S/C27H26FN3O3/c1-17-11-20(4-6-23(17)21-5-8-26(29-13-21)33-10-9-28)27-30-24-12-19(3-7-25(24)34-27)14-31-15-22(16-31)18(2)32/h3-8,11-13,22,32H,2,9-10,14-16H2,1H3. The molecule has 174 valence electrons. The third-order valence-corrected chi connectivity index (χ3v) is 6.13. The Balaban J connectivity index is 1.32. The molecule has 0 atom stereocenters. The number of halogens is 1. The van der Waals surface area contributed by atoms with Gasteiger partial charge in [0.1, 0.15) is 18.8 Å². The molecule has 2 aromatic carbocycles. The van der Waals surface area contributed by atoms with Gasteiger partial charge in [0.2, 0.25) is 11.8 Å². The Morgan fingerprint density at radius 3 is 2.71 bits per heavy atom. The molecule has 3 heterocycles. The van der Waals surface area contributed by atoms with Gasteiger partial charge in [-0.2, -0.15) is 0 Å². The lowest BCUT2D eigenvalue weighted by Crippen LogP contribution is -2.46. The lowest BCUT2D eigenvalue weighted by Gasteiger charge is -2.38. The molecule has 34 heavy (non-hydrogen) atoms. The quantitative estimate of drug-likeness (QED) is 0.340. The maximum absolute atomic E-state index is 12.3. The van der Waals surface area contributed by atoms with Crippen molar-refractivity contribution >= 4 is 11.1 Å². The van der Waals surface area contributed by atoms with Gasteiger partial charge in [-0.05, 0) is 53.9 Å². The maximum Gasteiger partial charge on any atom is 0.227 e. The largest absolute Gasteiger partial charge is 0.513 e. The van der Waals surface area contributed by atoms with Crippen LogP contribution < -0.4 is 4.74 Å². The highest BCUT2D eigenvalue weighted by molar-refractivity contribution is 5.78. The fourth-order valence-electron chi connectivity index (χ4n) is 4.25. The molecule has 1 aliphatic rings. The monoisotopic (exact) mass is 459 g/mol. The molecule has 1 aliphatic heterocycles. The van der Waals surface area contributed by atoms with Crippen LogP contribution in [0.3, 0.4) is 0 Å². The molecule has 0 spiro atoms. The van der Waals surface area contributed by atoms with E-state index >= 15 is 0 Å². The molecule has 0 bridgehead atoms. The minimum atomic E-state index is -0.541. The third-order valence-electron chi connectivity index (χ3n) is 6.13. The molecule has 2 aromatic heterocycles. The van der Waals surface area contributed by atoms with Crippen LogP contribution in [0.15, 0.2) is 71.5 Å². The Morgan fingerprint density at radius 2 is 2.00 bits per heavy atom. The van der Waals surface area contributed by atoms with Crippen LogP contribution in [0.1, 0.15) is 11.1 Å². The first-order chi connectivity index (χ1) is 16.5. The summed E-state index contributed by atoms with van der Waals surface area (Å²) in [5.74, 6) is 1.44. The summed E-state index contributed by atoms with van der Waals surface area (Å²) < 4.78 is 23.5. The molecule has 1 fully saturated rings. The maximum atomic E-state index is 12.3. The first-order valence-electron chi connectivity index (χ1n) is 11.3. The van der Waals surface area contributed by atoms with Crippen molar-refractivity contribution in [3.63, 3.8) is 0 Å². The molecular formula is C27H26FN3O3. The molecule has 5 rings (SSSR count). The zero-order chi connectivity index (χ0) is 23.7. The number of aliphatic hydroxyl groups is 1. The van der Waals surface area contributed by atoms with Gasteiger partial charge >= 0.3 is 0 Å². The minimum Gasteiger partial charge on any atom is -0.513 e. The molecule has 0 saturated carbocycles. The summed E-state index contributed by atoms with van der Waals surface area (Å²) in [5.41, 5.74) is 6.71. The predicted molar refractivity (Wildman–Crippen MR) is 129 cm³/mol. The number of oxazole rings is 1. The van der Waals surface area contributed by atoms with Crippen molar-refractivity contribution in [3.05, 3.63) is 78.2 Å². The predicted octanol–water partition coefficient (Wildman–Crippen LogP) is 5.72. The van der Waals surface area contributed by atoms with Gasteiger partial charge in [0.05, 0.1) is 5.76 Å². The molecule has 4 aromatic rings. The van der Waals surface area contributed by atoms with Gasteiger partial charge in [0, 0.05) is 48.9 Å². The minimum absolute atomic E-state index is 0.00462. The summed E-state index contributed by atoms with van der Waals surface area (Å²) >= 11 is 0. The van der Waals surface area contributed by atoms with E-state index in [0.29, 0.717) is 11.8 Å². The molecule has 0 radical (unpaired) electrons. The number of pyridine rings is 1. The topological polar surface area (TPSA) is 71.6 Å². The number of likely N-dealkylation sites (tertiary alicyclic amines) is 1. The summed E-state index contributed by atoms with van der Waals surface area (Å²) in [6, 6.07) is 15.8. The number of hydrogen-bond donors (Lipinski definition) is 1. The van der Waals surface area contributed by atoms with Crippen molar-refractivity contribution < 1.29 is 18.7 Å². The summed E-state index contributed by atoms with van der Waals surface area (Å²) in [7, 11) is 0. The van der Waals surface area contributed by atoms with Crippen LogP contribution in [0, 0.1) is 12.8 Å².